The van der Waals surface area contributed by atoms with Crippen LogP contribution in [0.2, 0.25) is 5.02 Å². The van der Waals surface area contributed by atoms with Crippen LogP contribution in [0.15, 0.2) is 41.3 Å². The van der Waals surface area contributed by atoms with Gasteiger partial charge in [0.05, 0.1) is 16.3 Å². The number of rotatable bonds is 5. The Labute approximate surface area is 173 Å². The molecule has 0 saturated carbocycles. The van der Waals surface area contributed by atoms with Gasteiger partial charge in [-0.15, -0.1) is 0 Å². The van der Waals surface area contributed by atoms with Crippen molar-refractivity contribution in [3.63, 3.8) is 0 Å². The molecule has 2 aromatic rings. The van der Waals surface area contributed by atoms with Gasteiger partial charge in [0.1, 0.15) is 5.82 Å². The molecular formula is C20H20ClFN2O4S. The highest BCUT2D eigenvalue weighted by atomic mass is 35.5. The predicted octanol–water partition coefficient (Wildman–Crippen LogP) is 3.58. The van der Waals surface area contributed by atoms with Crippen LogP contribution in [0.1, 0.15) is 25.3 Å². The van der Waals surface area contributed by atoms with Crippen LogP contribution < -0.4 is 10.2 Å². The van der Waals surface area contributed by atoms with Crippen LogP contribution in [0.25, 0.3) is 0 Å². The summed E-state index contributed by atoms with van der Waals surface area (Å²) in [6.45, 7) is 2.08. The van der Waals surface area contributed by atoms with Gasteiger partial charge in [-0.25, -0.2) is 12.8 Å². The fourth-order valence-corrected chi connectivity index (χ4v) is 4.69. The molecule has 0 aliphatic carbocycles. The standard InChI is InChI=1S/C20H20ClFN2O4S/c1-13(25)24-9-2-3-14-11-16(5-7-19(14)24)29(27,28)10-8-20(26)23-18-6-4-15(21)12-17(18)22/h4-7,11-12H,2-3,8-10H2,1H3,(H,23,26). The summed E-state index contributed by atoms with van der Waals surface area (Å²) in [5, 5.41) is 2.54. The number of halogens is 2. The topological polar surface area (TPSA) is 83.6 Å². The van der Waals surface area contributed by atoms with Crippen LogP contribution in [0.3, 0.4) is 0 Å². The van der Waals surface area contributed by atoms with Gasteiger partial charge in [0.25, 0.3) is 0 Å². The summed E-state index contributed by atoms with van der Waals surface area (Å²) in [5.74, 6) is -1.81. The Hall–Kier alpha value is -2.45. The molecule has 0 atom stereocenters. The molecule has 2 amide bonds. The molecule has 0 bridgehead atoms. The van der Waals surface area contributed by atoms with Gasteiger partial charge >= 0.3 is 0 Å². The van der Waals surface area contributed by atoms with E-state index in [2.05, 4.69) is 5.32 Å². The Morgan fingerprint density at radius 2 is 1.97 bits per heavy atom. The van der Waals surface area contributed by atoms with Gasteiger partial charge in [-0.1, -0.05) is 11.6 Å². The molecule has 0 aromatic heterocycles. The van der Waals surface area contributed by atoms with E-state index >= 15 is 0 Å². The van der Waals surface area contributed by atoms with E-state index in [1.807, 2.05) is 0 Å². The monoisotopic (exact) mass is 438 g/mol. The highest BCUT2D eigenvalue weighted by Crippen LogP contribution is 2.30. The molecule has 0 unspecified atom stereocenters. The third-order valence-corrected chi connectivity index (χ3v) is 6.66. The molecule has 2 aromatic carbocycles. The summed E-state index contributed by atoms with van der Waals surface area (Å²) in [5.41, 5.74) is 1.45. The average Bonchev–Trinajstić information content (AvgIpc) is 2.67. The number of benzene rings is 2. The molecule has 1 aliphatic rings. The number of carbonyl (C=O) groups is 2. The lowest BCUT2D eigenvalue weighted by atomic mass is 10.0. The number of nitrogens with zero attached hydrogens (tertiary/aromatic N) is 1. The number of fused-ring (bicyclic) bond motifs is 1. The molecule has 29 heavy (non-hydrogen) atoms. The molecule has 0 spiro atoms. The van der Waals surface area contributed by atoms with Gasteiger partial charge in [-0.3, -0.25) is 9.59 Å². The zero-order valence-electron chi connectivity index (χ0n) is 15.7. The predicted molar refractivity (Wildman–Crippen MR) is 109 cm³/mol. The van der Waals surface area contributed by atoms with E-state index in [1.165, 1.54) is 25.1 Å². The molecule has 0 radical (unpaired) electrons. The van der Waals surface area contributed by atoms with Crippen molar-refractivity contribution >= 4 is 44.6 Å². The maximum absolute atomic E-state index is 13.8. The molecule has 1 heterocycles. The number of aryl methyl sites for hydroxylation is 1. The number of hydrogen-bond donors (Lipinski definition) is 1. The molecule has 154 valence electrons. The van der Waals surface area contributed by atoms with E-state index in [9.17, 15) is 22.4 Å². The van der Waals surface area contributed by atoms with Gasteiger partial charge in [0.2, 0.25) is 11.8 Å². The lowest BCUT2D eigenvalue weighted by molar-refractivity contribution is -0.117. The minimum atomic E-state index is -3.71. The van der Waals surface area contributed by atoms with Crippen LogP contribution in [0.5, 0.6) is 0 Å². The molecular weight excluding hydrogens is 419 g/mol. The first-order chi connectivity index (χ1) is 13.7. The van der Waals surface area contributed by atoms with E-state index in [-0.39, 0.29) is 27.9 Å². The van der Waals surface area contributed by atoms with E-state index < -0.39 is 27.3 Å². The number of anilines is 2. The highest BCUT2D eigenvalue weighted by Gasteiger charge is 2.23. The van der Waals surface area contributed by atoms with Crippen LogP contribution in [0, 0.1) is 5.82 Å². The van der Waals surface area contributed by atoms with Crippen molar-refractivity contribution in [1.29, 1.82) is 0 Å². The SMILES string of the molecule is CC(=O)N1CCCc2cc(S(=O)(=O)CCC(=O)Nc3ccc(Cl)cc3F)ccc21. The maximum Gasteiger partial charge on any atom is 0.225 e. The summed E-state index contributed by atoms with van der Waals surface area (Å²) in [4.78, 5) is 25.5. The van der Waals surface area contributed by atoms with Gasteiger partial charge in [-0.05, 0) is 54.8 Å². The second-order valence-corrected chi connectivity index (χ2v) is 9.35. The lowest BCUT2D eigenvalue weighted by Gasteiger charge is -2.28. The number of amides is 2. The molecule has 9 heteroatoms. The highest BCUT2D eigenvalue weighted by molar-refractivity contribution is 7.91. The van der Waals surface area contributed by atoms with Crippen LogP contribution in [0.4, 0.5) is 15.8 Å². The van der Waals surface area contributed by atoms with Gasteiger partial charge in [-0.2, -0.15) is 0 Å². The molecule has 1 N–H and O–H groups in total. The molecule has 0 fully saturated rings. The Bertz CT molecular complexity index is 1070. The van der Waals surface area contributed by atoms with Crippen molar-refractivity contribution in [2.75, 3.05) is 22.5 Å². The zero-order valence-corrected chi connectivity index (χ0v) is 17.3. The van der Waals surface area contributed by atoms with E-state index in [1.54, 1.807) is 17.0 Å². The average molecular weight is 439 g/mol. The zero-order chi connectivity index (χ0) is 21.2. The van der Waals surface area contributed by atoms with E-state index in [0.29, 0.717) is 13.0 Å². The Kier molecular flexibility index (Phi) is 6.24. The number of nitrogens with one attached hydrogen (secondary N) is 1. The van der Waals surface area contributed by atoms with Gasteiger partial charge < -0.3 is 10.2 Å². The van der Waals surface area contributed by atoms with Crippen LogP contribution >= 0.6 is 11.6 Å². The van der Waals surface area contributed by atoms with Crippen molar-refractivity contribution in [3.05, 3.63) is 52.8 Å². The van der Waals surface area contributed by atoms with Gasteiger partial charge in [0, 0.05) is 30.6 Å². The number of sulfone groups is 1. The van der Waals surface area contributed by atoms with Crippen LogP contribution in [-0.2, 0) is 25.8 Å². The van der Waals surface area contributed by atoms with Crippen LogP contribution in [-0.4, -0.2) is 32.5 Å². The minimum Gasteiger partial charge on any atom is -0.324 e. The minimum absolute atomic E-state index is 0.0603. The first-order valence-corrected chi connectivity index (χ1v) is 11.1. The second kappa shape index (κ2) is 8.51. The third-order valence-electron chi connectivity index (χ3n) is 4.71. The first kappa shape index (κ1) is 21.3. The Balaban J connectivity index is 1.69. The quantitative estimate of drug-likeness (QED) is 0.773. The summed E-state index contributed by atoms with van der Waals surface area (Å²) in [6.07, 6.45) is 1.12. The van der Waals surface area contributed by atoms with Gasteiger partial charge in [0.15, 0.2) is 9.84 Å². The summed E-state index contributed by atoms with van der Waals surface area (Å²) in [6, 6.07) is 8.45. The summed E-state index contributed by atoms with van der Waals surface area (Å²) < 4.78 is 39.1. The molecule has 3 rings (SSSR count). The van der Waals surface area contributed by atoms with Crippen molar-refractivity contribution in [2.24, 2.45) is 0 Å². The largest absolute Gasteiger partial charge is 0.324 e. The molecule has 0 saturated heterocycles. The van der Waals surface area contributed by atoms with Crippen molar-refractivity contribution in [1.82, 2.24) is 0 Å². The lowest BCUT2D eigenvalue weighted by Crippen LogP contribution is -2.33. The normalized spacial score (nSPS) is 13.7. The smallest absolute Gasteiger partial charge is 0.225 e. The first-order valence-electron chi connectivity index (χ1n) is 9.06. The second-order valence-electron chi connectivity index (χ2n) is 6.81. The van der Waals surface area contributed by atoms with E-state index in [4.69, 9.17) is 11.6 Å². The Morgan fingerprint density at radius 1 is 1.21 bits per heavy atom. The van der Waals surface area contributed by atoms with Crippen molar-refractivity contribution < 1.29 is 22.4 Å². The fourth-order valence-electron chi connectivity index (χ4n) is 3.24. The fraction of sp³-hybridized carbons (Fsp3) is 0.300. The third kappa shape index (κ3) is 4.94. The van der Waals surface area contributed by atoms with Crippen molar-refractivity contribution in [2.45, 2.75) is 31.1 Å². The van der Waals surface area contributed by atoms with Crippen molar-refractivity contribution in [3.8, 4) is 0 Å². The number of carbonyl (C=O) groups excluding carboxylic acids is 2. The molecule has 1 aliphatic heterocycles. The number of hydrogen-bond acceptors (Lipinski definition) is 4. The maximum atomic E-state index is 13.8. The summed E-state index contributed by atoms with van der Waals surface area (Å²) >= 11 is 5.67. The summed E-state index contributed by atoms with van der Waals surface area (Å²) in [7, 11) is -3.71. The molecule has 6 nitrogen and oxygen atoms in total. The Morgan fingerprint density at radius 3 is 2.66 bits per heavy atom. The van der Waals surface area contributed by atoms with E-state index in [0.717, 1.165) is 23.7 Å².